The molecule has 5 heteroatoms. The fraction of sp³-hybridized carbons (Fsp3) is 0.267. The van der Waals surface area contributed by atoms with Gasteiger partial charge in [-0.1, -0.05) is 28.1 Å². The number of benzene rings is 1. The quantitative estimate of drug-likeness (QED) is 0.880. The largest absolute Gasteiger partial charge is 0.465 e. The number of carbonyl (C=O) groups is 1. The van der Waals surface area contributed by atoms with E-state index in [9.17, 15) is 4.79 Å². The lowest BCUT2D eigenvalue weighted by Gasteiger charge is -2.20. The molecule has 4 nitrogen and oxygen atoms in total. The molecule has 2 rings (SSSR count). The van der Waals surface area contributed by atoms with Crippen LogP contribution in [0.2, 0.25) is 0 Å². The van der Waals surface area contributed by atoms with Crippen molar-refractivity contribution in [3.05, 3.63) is 58.0 Å². The van der Waals surface area contributed by atoms with E-state index < -0.39 is 11.9 Å². The molecule has 0 bridgehead atoms. The van der Waals surface area contributed by atoms with Crippen molar-refractivity contribution < 1.29 is 9.21 Å². The number of aryl methyl sites for hydroxylation is 1. The van der Waals surface area contributed by atoms with Crippen LogP contribution in [-0.2, 0) is 4.79 Å². The SMILES string of the molecule is Cc1ccc(C(C)NC(C(N)=O)c2cccc(Br)c2)o1. The first-order valence-corrected chi connectivity index (χ1v) is 7.14. The first-order valence-electron chi connectivity index (χ1n) is 6.34. The monoisotopic (exact) mass is 336 g/mol. The van der Waals surface area contributed by atoms with E-state index in [0.717, 1.165) is 21.6 Å². The van der Waals surface area contributed by atoms with Gasteiger partial charge in [0.15, 0.2) is 0 Å². The van der Waals surface area contributed by atoms with Crippen LogP contribution in [0.25, 0.3) is 0 Å². The van der Waals surface area contributed by atoms with Gasteiger partial charge >= 0.3 is 0 Å². The summed E-state index contributed by atoms with van der Waals surface area (Å²) in [6, 6.07) is 10.6. The van der Waals surface area contributed by atoms with E-state index in [-0.39, 0.29) is 6.04 Å². The average molecular weight is 337 g/mol. The Morgan fingerprint density at radius 3 is 2.65 bits per heavy atom. The molecule has 2 aromatic rings. The molecular formula is C15H17BrN2O2. The van der Waals surface area contributed by atoms with E-state index in [0.29, 0.717) is 0 Å². The van der Waals surface area contributed by atoms with E-state index in [2.05, 4.69) is 21.2 Å². The summed E-state index contributed by atoms with van der Waals surface area (Å²) in [6.07, 6.45) is 0. The van der Waals surface area contributed by atoms with E-state index in [1.807, 2.05) is 50.2 Å². The molecule has 0 aliphatic heterocycles. The molecule has 0 saturated heterocycles. The van der Waals surface area contributed by atoms with Crippen LogP contribution >= 0.6 is 15.9 Å². The van der Waals surface area contributed by atoms with Gasteiger partial charge < -0.3 is 10.2 Å². The molecule has 1 aromatic heterocycles. The summed E-state index contributed by atoms with van der Waals surface area (Å²) in [7, 11) is 0. The van der Waals surface area contributed by atoms with E-state index in [1.165, 1.54) is 0 Å². The minimum Gasteiger partial charge on any atom is -0.465 e. The molecule has 0 saturated carbocycles. The summed E-state index contributed by atoms with van der Waals surface area (Å²) >= 11 is 3.40. The van der Waals surface area contributed by atoms with Gasteiger partial charge in [-0.05, 0) is 43.7 Å². The maximum absolute atomic E-state index is 11.7. The summed E-state index contributed by atoms with van der Waals surface area (Å²) in [5, 5.41) is 3.20. The maximum Gasteiger partial charge on any atom is 0.239 e. The molecule has 20 heavy (non-hydrogen) atoms. The lowest BCUT2D eigenvalue weighted by molar-refractivity contribution is -0.120. The van der Waals surface area contributed by atoms with E-state index >= 15 is 0 Å². The van der Waals surface area contributed by atoms with Crippen LogP contribution in [0.4, 0.5) is 0 Å². The smallest absolute Gasteiger partial charge is 0.239 e. The third-order valence-electron chi connectivity index (χ3n) is 3.07. The molecule has 106 valence electrons. The Balaban J connectivity index is 2.20. The molecule has 0 spiro atoms. The average Bonchev–Trinajstić information content (AvgIpc) is 2.82. The van der Waals surface area contributed by atoms with Gasteiger partial charge in [0, 0.05) is 4.47 Å². The van der Waals surface area contributed by atoms with E-state index in [1.54, 1.807) is 0 Å². The van der Waals surface area contributed by atoms with Crippen LogP contribution in [0.15, 0.2) is 45.3 Å². The van der Waals surface area contributed by atoms with Crippen LogP contribution in [0.3, 0.4) is 0 Å². The van der Waals surface area contributed by atoms with E-state index in [4.69, 9.17) is 10.2 Å². The number of halogens is 1. The summed E-state index contributed by atoms with van der Waals surface area (Å²) in [5.41, 5.74) is 6.32. The normalized spacial score (nSPS) is 13.9. The van der Waals surface area contributed by atoms with Crippen molar-refractivity contribution in [2.45, 2.75) is 25.9 Å². The number of nitrogens with two attached hydrogens (primary N) is 1. The molecule has 0 fully saturated rings. The van der Waals surface area contributed by atoms with Crippen LogP contribution in [-0.4, -0.2) is 5.91 Å². The molecule has 0 aliphatic carbocycles. The van der Waals surface area contributed by atoms with Crippen molar-refractivity contribution >= 4 is 21.8 Å². The molecule has 1 amide bonds. The zero-order valence-corrected chi connectivity index (χ0v) is 13.0. The summed E-state index contributed by atoms with van der Waals surface area (Å²) in [6.45, 7) is 3.82. The first-order chi connectivity index (χ1) is 9.47. The Morgan fingerprint density at radius 2 is 2.10 bits per heavy atom. The van der Waals surface area contributed by atoms with Gasteiger partial charge in [-0.15, -0.1) is 0 Å². The van der Waals surface area contributed by atoms with Crippen LogP contribution in [0.1, 0.15) is 36.1 Å². The number of amides is 1. The van der Waals surface area contributed by atoms with Gasteiger partial charge in [0.25, 0.3) is 0 Å². The molecule has 1 aromatic carbocycles. The van der Waals surface area contributed by atoms with Gasteiger partial charge in [-0.25, -0.2) is 0 Å². The maximum atomic E-state index is 11.7. The topological polar surface area (TPSA) is 68.3 Å². The predicted octanol–water partition coefficient (Wildman–Crippen LogP) is 3.23. The summed E-state index contributed by atoms with van der Waals surface area (Å²) in [4.78, 5) is 11.7. The second-order valence-corrected chi connectivity index (χ2v) is 5.64. The minimum absolute atomic E-state index is 0.111. The Morgan fingerprint density at radius 1 is 1.35 bits per heavy atom. The highest BCUT2D eigenvalue weighted by molar-refractivity contribution is 9.10. The van der Waals surface area contributed by atoms with Gasteiger partial charge in [0.2, 0.25) is 5.91 Å². The predicted molar refractivity (Wildman–Crippen MR) is 81.1 cm³/mol. The fourth-order valence-corrected chi connectivity index (χ4v) is 2.46. The van der Waals surface area contributed by atoms with Crippen LogP contribution in [0.5, 0.6) is 0 Å². The number of hydrogen-bond acceptors (Lipinski definition) is 3. The molecule has 0 aliphatic rings. The molecule has 3 N–H and O–H groups in total. The Bertz CT molecular complexity index is 609. The Kier molecular flexibility index (Phi) is 4.62. The number of furan rings is 1. The Labute approximate surface area is 126 Å². The molecule has 2 unspecified atom stereocenters. The molecule has 1 heterocycles. The van der Waals surface area contributed by atoms with Gasteiger partial charge in [0.1, 0.15) is 17.6 Å². The third kappa shape index (κ3) is 3.49. The molecule has 2 atom stereocenters. The fourth-order valence-electron chi connectivity index (χ4n) is 2.05. The number of carbonyl (C=O) groups excluding carboxylic acids is 1. The van der Waals surface area contributed by atoms with Crippen LogP contribution < -0.4 is 11.1 Å². The lowest BCUT2D eigenvalue weighted by atomic mass is 10.1. The van der Waals surface area contributed by atoms with Crippen LogP contribution in [0, 0.1) is 6.92 Å². The summed E-state index contributed by atoms with van der Waals surface area (Å²) < 4.78 is 6.47. The second kappa shape index (κ2) is 6.24. The number of hydrogen-bond donors (Lipinski definition) is 2. The van der Waals surface area contributed by atoms with Gasteiger partial charge in [-0.2, -0.15) is 0 Å². The molecular weight excluding hydrogens is 320 g/mol. The van der Waals surface area contributed by atoms with Gasteiger partial charge in [-0.3, -0.25) is 10.1 Å². The lowest BCUT2D eigenvalue weighted by Crippen LogP contribution is -2.35. The third-order valence-corrected chi connectivity index (χ3v) is 3.56. The highest BCUT2D eigenvalue weighted by Gasteiger charge is 2.22. The van der Waals surface area contributed by atoms with Crippen molar-refractivity contribution in [3.8, 4) is 0 Å². The second-order valence-electron chi connectivity index (χ2n) is 4.73. The summed E-state index contributed by atoms with van der Waals surface area (Å²) in [5.74, 6) is 1.20. The van der Waals surface area contributed by atoms with Crippen molar-refractivity contribution in [1.29, 1.82) is 0 Å². The zero-order chi connectivity index (χ0) is 14.7. The Hall–Kier alpha value is -1.59. The number of nitrogens with one attached hydrogen (secondary N) is 1. The van der Waals surface area contributed by atoms with Crippen molar-refractivity contribution in [1.82, 2.24) is 5.32 Å². The van der Waals surface area contributed by atoms with Crippen molar-refractivity contribution in [2.75, 3.05) is 0 Å². The standard InChI is InChI=1S/C15H17BrN2O2/c1-9-6-7-13(20-9)10(2)18-14(15(17)19)11-4-3-5-12(16)8-11/h3-8,10,14,18H,1-2H3,(H2,17,19). The highest BCUT2D eigenvalue weighted by atomic mass is 79.9. The zero-order valence-electron chi connectivity index (χ0n) is 11.4. The highest BCUT2D eigenvalue weighted by Crippen LogP contribution is 2.23. The van der Waals surface area contributed by atoms with Gasteiger partial charge in [0.05, 0.1) is 6.04 Å². The van der Waals surface area contributed by atoms with Crippen molar-refractivity contribution in [3.63, 3.8) is 0 Å². The first kappa shape index (κ1) is 14.8. The van der Waals surface area contributed by atoms with Crippen molar-refractivity contribution in [2.24, 2.45) is 5.73 Å². The number of rotatable bonds is 5. The molecule has 0 radical (unpaired) electrons. The number of primary amides is 1. The minimum atomic E-state index is -0.562.